The smallest absolute Gasteiger partial charge is 0.339 e. The third kappa shape index (κ3) is 5.15. The molecule has 0 bridgehead atoms. The van der Waals surface area contributed by atoms with Crippen molar-refractivity contribution in [2.45, 2.75) is 32.2 Å². The summed E-state index contributed by atoms with van der Waals surface area (Å²) in [6.07, 6.45) is 0. The maximum Gasteiger partial charge on any atom is 0.339 e. The van der Waals surface area contributed by atoms with Gasteiger partial charge < -0.3 is 14.2 Å². The molecule has 30 heavy (non-hydrogen) atoms. The molecule has 3 aromatic carbocycles. The van der Waals surface area contributed by atoms with E-state index in [1.54, 1.807) is 18.2 Å². The number of ether oxygens (including phenoxy) is 1. The van der Waals surface area contributed by atoms with Gasteiger partial charge in [-0.05, 0) is 78.2 Å². The normalized spacial score (nSPS) is 11.2. The number of methoxy groups -OCH3 is 1. The molecule has 7 heteroatoms. The van der Waals surface area contributed by atoms with Crippen LogP contribution in [0, 0.1) is 20.8 Å². The average Bonchev–Trinajstić information content (AvgIpc) is 2.69. The van der Waals surface area contributed by atoms with E-state index in [4.69, 9.17) is 8.92 Å². The molecule has 0 atom stereocenters. The summed E-state index contributed by atoms with van der Waals surface area (Å²) in [5.41, 5.74) is 5.29. The van der Waals surface area contributed by atoms with Crippen LogP contribution in [0.2, 0.25) is 0 Å². The van der Waals surface area contributed by atoms with Gasteiger partial charge in [-0.25, -0.2) is 0 Å². The molecule has 0 saturated heterocycles. The van der Waals surface area contributed by atoms with E-state index in [2.05, 4.69) is 47.2 Å². The van der Waals surface area contributed by atoms with E-state index in [1.165, 1.54) is 24.8 Å². The van der Waals surface area contributed by atoms with Crippen LogP contribution in [0.15, 0.2) is 64.0 Å². The third-order valence-corrected chi connectivity index (χ3v) is 6.48. The molecule has 0 radical (unpaired) electrons. The molecule has 0 saturated carbocycles. The predicted octanol–water partition coefficient (Wildman–Crippen LogP) is 5.76. The van der Waals surface area contributed by atoms with Crippen LogP contribution in [0.5, 0.6) is 11.5 Å². The molecule has 0 aliphatic rings. The van der Waals surface area contributed by atoms with Gasteiger partial charge in [0.15, 0.2) is 11.5 Å². The maximum atomic E-state index is 12.7. The topological polar surface area (TPSA) is 64.6 Å². The van der Waals surface area contributed by atoms with Crippen LogP contribution in [0.25, 0.3) is 0 Å². The molecule has 0 aliphatic heterocycles. The van der Waals surface area contributed by atoms with Gasteiger partial charge in [0.05, 0.1) is 11.6 Å². The van der Waals surface area contributed by atoms with Crippen LogP contribution in [-0.2, 0) is 16.7 Å². The quantitative estimate of drug-likeness (QED) is 0.427. The summed E-state index contributed by atoms with van der Waals surface area (Å²) in [6.45, 7) is 6.55. The summed E-state index contributed by atoms with van der Waals surface area (Å²) in [5, 5.41) is 3.40. The van der Waals surface area contributed by atoms with Gasteiger partial charge in [0.1, 0.15) is 4.90 Å². The highest BCUT2D eigenvalue weighted by atomic mass is 79.9. The zero-order valence-corrected chi connectivity index (χ0v) is 19.7. The second-order valence-corrected chi connectivity index (χ2v) is 9.53. The van der Waals surface area contributed by atoms with E-state index in [-0.39, 0.29) is 10.6 Å². The van der Waals surface area contributed by atoms with Crippen molar-refractivity contribution >= 4 is 31.7 Å². The van der Waals surface area contributed by atoms with Gasteiger partial charge in [-0.2, -0.15) is 8.42 Å². The molecule has 0 aliphatic carbocycles. The monoisotopic (exact) mass is 489 g/mol. The third-order valence-electron chi connectivity index (χ3n) is 4.66. The van der Waals surface area contributed by atoms with Crippen LogP contribution in [-0.4, -0.2) is 15.5 Å². The van der Waals surface area contributed by atoms with E-state index in [9.17, 15) is 8.42 Å². The SMILES string of the molecule is COc1cc(CNc2ccc(C)cc2C)cc(Br)c1OS(=O)(=O)c1ccc(C)cc1. The Morgan fingerprint density at radius 3 is 2.23 bits per heavy atom. The molecule has 0 spiro atoms. The minimum atomic E-state index is -3.99. The molecule has 0 aromatic heterocycles. The highest BCUT2D eigenvalue weighted by Gasteiger charge is 2.22. The molecule has 158 valence electrons. The van der Waals surface area contributed by atoms with Crippen molar-refractivity contribution in [2.75, 3.05) is 12.4 Å². The first kappa shape index (κ1) is 22.2. The fourth-order valence-electron chi connectivity index (χ4n) is 3.03. The molecule has 0 unspecified atom stereocenters. The van der Waals surface area contributed by atoms with Crippen LogP contribution in [0.4, 0.5) is 5.69 Å². The Balaban J connectivity index is 1.84. The van der Waals surface area contributed by atoms with Crippen LogP contribution in [0.3, 0.4) is 0 Å². The van der Waals surface area contributed by atoms with Gasteiger partial charge in [-0.1, -0.05) is 35.4 Å². The molecule has 1 N–H and O–H groups in total. The molecule has 0 amide bonds. The first-order valence-corrected chi connectivity index (χ1v) is 11.6. The maximum absolute atomic E-state index is 12.7. The Hall–Kier alpha value is -2.51. The number of anilines is 1. The van der Waals surface area contributed by atoms with Crippen molar-refractivity contribution in [1.82, 2.24) is 0 Å². The summed E-state index contributed by atoms with van der Waals surface area (Å²) in [4.78, 5) is 0.0858. The van der Waals surface area contributed by atoms with Gasteiger partial charge in [0, 0.05) is 12.2 Å². The molecule has 3 aromatic rings. The first-order chi connectivity index (χ1) is 14.2. The first-order valence-electron chi connectivity index (χ1n) is 9.38. The molecule has 0 heterocycles. The van der Waals surface area contributed by atoms with Gasteiger partial charge in [0.2, 0.25) is 0 Å². The number of aryl methyl sites for hydroxylation is 3. The van der Waals surface area contributed by atoms with Crippen LogP contribution in [0.1, 0.15) is 22.3 Å². The van der Waals surface area contributed by atoms with Crippen molar-refractivity contribution in [3.8, 4) is 11.5 Å². The lowest BCUT2D eigenvalue weighted by atomic mass is 10.1. The second kappa shape index (κ2) is 9.10. The lowest BCUT2D eigenvalue weighted by molar-refractivity contribution is 0.389. The molecule has 0 fully saturated rings. The highest BCUT2D eigenvalue weighted by Crippen LogP contribution is 2.38. The summed E-state index contributed by atoms with van der Waals surface area (Å²) in [5.74, 6) is 0.450. The van der Waals surface area contributed by atoms with Crippen molar-refractivity contribution in [3.63, 3.8) is 0 Å². The summed E-state index contributed by atoms with van der Waals surface area (Å²) in [7, 11) is -2.51. The molecular formula is C23H24BrNO4S. The number of hydrogen-bond donors (Lipinski definition) is 1. The van der Waals surface area contributed by atoms with Crippen LogP contribution < -0.4 is 14.2 Å². The second-order valence-electron chi connectivity index (χ2n) is 7.13. The summed E-state index contributed by atoms with van der Waals surface area (Å²) >= 11 is 3.43. The van der Waals surface area contributed by atoms with Gasteiger partial charge in [0.25, 0.3) is 0 Å². The fraction of sp³-hybridized carbons (Fsp3) is 0.217. The van der Waals surface area contributed by atoms with Crippen molar-refractivity contribution in [1.29, 1.82) is 0 Å². The van der Waals surface area contributed by atoms with Crippen LogP contribution >= 0.6 is 15.9 Å². The van der Waals surface area contributed by atoms with Crippen molar-refractivity contribution in [2.24, 2.45) is 0 Å². The Kier molecular flexibility index (Phi) is 6.73. The van der Waals surface area contributed by atoms with E-state index < -0.39 is 10.1 Å². The minimum Gasteiger partial charge on any atom is -0.493 e. The number of nitrogens with one attached hydrogen (secondary N) is 1. The predicted molar refractivity (Wildman–Crippen MR) is 123 cm³/mol. The van der Waals surface area contributed by atoms with Crippen molar-refractivity contribution in [3.05, 3.63) is 81.3 Å². The Labute approximate surface area is 186 Å². The van der Waals surface area contributed by atoms with E-state index in [0.717, 1.165) is 22.4 Å². The number of halogens is 1. The standard InChI is InChI=1S/C23H24BrNO4S/c1-15-5-8-19(9-6-15)30(26,27)29-23-20(24)12-18(13-22(23)28-4)14-25-21-10-7-16(2)11-17(21)3/h5-13,25H,14H2,1-4H3. The van der Waals surface area contributed by atoms with E-state index in [0.29, 0.717) is 16.8 Å². The summed E-state index contributed by atoms with van der Waals surface area (Å²) in [6, 6.07) is 16.3. The zero-order chi connectivity index (χ0) is 21.9. The van der Waals surface area contributed by atoms with Crippen molar-refractivity contribution < 1.29 is 17.3 Å². The molecular weight excluding hydrogens is 466 g/mol. The van der Waals surface area contributed by atoms with E-state index in [1.807, 2.05) is 19.1 Å². The fourth-order valence-corrected chi connectivity index (χ4v) is 4.66. The largest absolute Gasteiger partial charge is 0.493 e. The Morgan fingerprint density at radius 1 is 0.933 bits per heavy atom. The molecule has 5 nitrogen and oxygen atoms in total. The van der Waals surface area contributed by atoms with Gasteiger partial charge in [-0.3, -0.25) is 0 Å². The molecule has 3 rings (SSSR count). The average molecular weight is 490 g/mol. The van der Waals surface area contributed by atoms with E-state index >= 15 is 0 Å². The van der Waals surface area contributed by atoms with Gasteiger partial charge in [-0.15, -0.1) is 0 Å². The zero-order valence-electron chi connectivity index (χ0n) is 17.3. The van der Waals surface area contributed by atoms with Gasteiger partial charge >= 0.3 is 10.1 Å². The lowest BCUT2D eigenvalue weighted by Gasteiger charge is -2.15. The minimum absolute atomic E-state index is 0.0858. The number of rotatable bonds is 7. The Bertz CT molecular complexity index is 1160. The number of hydrogen-bond acceptors (Lipinski definition) is 5. The Morgan fingerprint density at radius 2 is 1.60 bits per heavy atom. The summed E-state index contributed by atoms with van der Waals surface area (Å²) < 4.78 is 36.7. The number of benzene rings is 3. The lowest BCUT2D eigenvalue weighted by Crippen LogP contribution is -2.11. The highest BCUT2D eigenvalue weighted by molar-refractivity contribution is 9.10.